The highest BCUT2D eigenvalue weighted by molar-refractivity contribution is 5.85. The van der Waals surface area contributed by atoms with E-state index in [1.54, 1.807) is 24.1 Å². The van der Waals surface area contributed by atoms with Crippen LogP contribution in [0.3, 0.4) is 0 Å². The largest absolute Gasteiger partial charge is 0.476 e. The van der Waals surface area contributed by atoms with Gasteiger partial charge in [0.1, 0.15) is 11.6 Å². The third kappa shape index (κ3) is 3.25. The van der Waals surface area contributed by atoms with E-state index in [-0.39, 0.29) is 11.5 Å². The first kappa shape index (κ1) is 12.9. The van der Waals surface area contributed by atoms with Gasteiger partial charge in [-0.2, -0.15) is 0 Å². The molecule has 98 valence electrons. The minimum absolute atomic E-state index is 0.122. The summed E-state index contributed by atoms with van der Waals surface area (Å²) in [5, 5.41) is 8.85. The first-order valence-electron chi connectivity index (χ1n) is 5.57. The molecule has 0 saturated heterocycles. The second-order valence-corrected chi connectivity index (χ2v) is 4.05. The van der Waals surface area contributed by atoms with E-state index >= 15 is 0 Å². The molecular weight excluding hydrogens is 249 g/mol. The molecule has 2 rings (SSSR count). The lowest BCUT2D eigenvalue weighted by Crippen LogP contribution is -2.19. The van der Waals surface area contributed by atoms with Gasteiger partial charge in [0.15, 0.2) is 5.69 Å². The second-order valence-electron chi connectivity index (χ2n) is 4.05. The zero-order valence-electron chi connectivity index (χ0n) is 10.2. The Morgan fingerprint density at radius 2 is 2.21 bits per heavy atom. The molecule has 0 unspecified atom stereocenters. The number of hydrogen-bond donors (Lipinski definition) is 1. The van der Waals surface area contributed by atoms with E-state index in [1.807, 2.05) is 0 Å². The summed E-state index contributed by atoms with van der Waals surface area (Å²) in [4.78, 5) is 20.3. The van der Waals surface area contributed by atoms with Crippen LogP contribution in [-0.4, -0.2) is 28.1 Å². The van der Waals surface area contributed by atoms with Gasteiger partial charge in [0.05, 0.1) is 12.4 Å². The number of nitrogens with zero attached hydrogens (tertiary/aromatic N) is 3. The van der Waals surface area contributed by atoms with E-state index in [4.69, 9.17) is 5.11 Å². The number of anilines is 1. The Morgan fingerprint density at radius 3 is 2.89 bits per heavy atom. The lowest BCUT2D eigenvalue weighted by Gasteiger charge is -2.18. The average molecular weight is 261 g/mol. The molecule has 2 aromatic rings. The van der Waals surface area contributed by atoms with Crippen molar-refractivity contribution in [1.82, 2.24) is 9.97 Å². The third-order valence-corrected chi connectivity index (χ3v) is 2.54. The Labute approximate surface area is 109 Å². The van der Waals surface area contributed by atoms with Gasteiger partial charge in [-0.05, 0) is 17.7 Å². The minimum Gasteiger partial charge on any atom is -0.476 e. The molecule has 1 heterocycles. The van der Waals surface area contributed by atoms with Crippen LogP contribution in [0.5, 0.6) is 0 Å². The summed E-state index contributed by atoms with van der Waals surface area (Å²) in [6, 6.07) is 6.20. The fourth-order valence-electron chi connectivity index (χ4n) is 1.63. The normalized spacial score (nSPS) is 10.2. The van der Waals surface area contributed by atoms with Crippen LogP contribution < -0.4 is 4.90 Å². The molecule has 0 amide bonds. The van der Waals surface area contributed by atoms with Gasteiger partial charge in [0.2, 0.25) is 0 Å². The number of rotatable bonds is 4. The number of halogens is 1. The first-order chi connectivity index (χ1) is 9.06. The first-order valence-corrected chi connectivity index (χ1v) is 5.57. The van der Waals surface area contributed by atoms with Crippen LogP contribution in [0.2, 0.25) is 0 Å². The van der Waals surface area contributed by atoms with E-state index in [2.05, 4.69) is 9.97 Å². The van der Waals surface area contributed by atoms with Crippen LogP contribution in [-0.2, 0) is 6.54 Å². The molecule has 0 fully saturated rings. The molecule has 0 spiro atoms. The molecule has 1 N–H and O–H groups in total. The van der Waals surface area contributed by atoms with E-state index < -0.39 is 5.97 Å². The summed E-state index contributed by atoms with van der Waals surface area (Å²) in [5.41, 5.74) is 0.647. The summed E-state index contributed by atoms with van der Waals surface area (Å²) in [6.07, 6.45) is 2.65. The highest BCUT2D eigenvalue weighted by Crippen LogP contribution is 2.13. The van der Waals surface area contributed by atoms with E-state index in [0.29, 0.717) is 12.4 Å². The maximum Gasteiger partial charge on any atom is 0.356 e. The van der Waals surface area contributed by atoms with Gasteiger partial charge in [-0.15, -0.1) is 0 Å². The van der Waals surface area contributed by atoms with Gasteiger partial charge in [0.25, 0.3) is 0 Å². The Balaban J connectivity index is 2.18. The van der Waals surface area contributed by atoms with E-state index in [1.165, 1.54) is 24.5 Å². The lowest BCUT2D eigenvalue weighted by atomic mass is 10.2. The number of benzene rings is 1. The summed E-state index contributed by atoms with van der Waals surface area (Å²) < 4.78 is 13.1. The van der Waals surface area contributed by atoms with Crippen LogP contribution >= 0.6 is 0 Å². The summed E-state index contributed by atoms with van der Waals surface area (Å²) in [7, 11) is 1.74. The standard InChI is InChI=1S/C13H12FN3O2/c1-17(8-9-3-2-4-10(14)5-9)12-7-15-6-11(16-12)13(18)19/h2-7H,8H2,1H3,(H,18,19). The van der Waals surface area contributed by atoms with Crippen LogP contribution in [0, 0.1) is 5.82 Å². The highest BCUT2D eigenvalue weighted by atomic mass is 19.1. The maximum atomic E-state index is 13.1. The predicted octanol–water partition coefficient (Wildman–Crippen LogP) is 1.95. The molecule has 0 aliphatic carbocycles. The monoisotopic (exact) mass is 261 g/mol. The second kappa shape index (κ2) is 5.43. The Morgan fingerprint density at radius 1 is 1.42 bits per heavy atom. The fraction of sp³-hybridized carbons (Fsp3) is 0.154. The molecule has 6 heteroatoms. The maximum absolute atomic E-state index is 13.1. The topological polar surface area (TPSA) is 66.3 Å². The molecular formula is C13H12FN3O2. The van der Waals surface area contributed by atoms with Crippen LogP contribution in [0.25, 0.3) is 0 Å². The van der Waals surface area contributed by atoms with E-state index in [0.717, 1.165) is 5.56 Å². The van der Waals surface area contributed by atoms with Crippen molar-refractivity contribution in [3.63, 3.8) is 0 Å². The molecule has 0 aliphatic heterocycles. The molecule has 0 atom stereocenters. The Hall–Kier alpha value is -2.50. The smallest absolute Gasteiger partial charge is 0.356 e. The molecule has 0 aliphatic rings. The SMILES string of the molecule is CN(Cc1cccc(F)c1)c1cncc(C(=O)O)n1. The highest BCUT2D eigenvalue weighted by Gasteiger charge is 2.09. The van der Waals surface area contributed by atoms with Gasteiger partial charge in [-0.3, -0.25) is 4.98 Å². The number of hydrogen-bond acceptors (Lipinski definition) is 4. The van der Waals surface area contributed by atoms with Crippen molar-refractivity contribution >= 4 is 11.8 Å². The van der Waals surface area contributed by atoms with Crippen molar-refractivity contribution in [2.24, 2.45) is 0 Å². The molecule has 0 saturated carbocycles. The molecule has 0 bridgehead atoms. The zero-order chi connectivity index (χ0) is 13.8. The molecule has 5 nitrogen and oxygen atoms in total. The van der Waals surface area contributed by atoms with Crippen LogP contribution in [0.15, 0.2) is 36.7 Å². The zero-order valence-corrected chi connectivity index (χ0v) is 10.2. The number of carboxylic acid groups (broad SMARTS) is 1. The van der Waals surface area contributed by atoms with Gasteiger partial charge < -0.3 is 10.0 Å². The molecule has 1 aromatic carbocycles. The Bertz CT molecular complexity index is 604. The predicted molar refractivity (Wildman–Crippen MR) is 67.5 cm³/mol. The lowest BCUT2D eigenvalue weighted by molar-refractivity contribution is 0.0690. The van der Waals surface area contributed by atoms with Gasteiger partial charge in [-0.1, -0.05) is 12.1 Å². The number of aromatic nitrogens is 2. The van der Waals surface area contributed by atoms with Crippen molar-refractivity contribution in [3.05, 3.63) is 53.7 Å². The Kier molecular flexibility index (Phi) is 3.70. The summed E-state index contributed by atoms with van der Waals surface area (Å²) in [6.45, 7) is 0.412. The van der Waals surface area contributed by atoms with Crippen molar-refractivity contribution in [2.45, 2.75) is 6.54 Å². The third-order valence-electron chi connectivity index (χ3n) is 2.54. The van der Waals surface area contributed by atoms with Crippen molar-refractivity contribution in [3.8, 4) is 0 Å². The molecule has 19 heavy (non-hydrogen) atoms. The quantitative estimate of drug-likeness (QED) is 0.911. The molecule has 1 aromatic heterocycles. The fourth-order valence-corrected chi connectivity index (χ4v) is 1.63. The number of aromatic carboxylic acids is 1. The van der Waals surface area contributed by atoms with Crippen molar-refractivity contribution in [2.75, 3.05) is 11.9 Å². The van der Waals surface area contributed by atoms with Gasteiger partial charge >= 0.3 is 5.97 Å². The minimum atomic E-state index is -1.13. The number of carboxylic acids is 1. The van der Waals surface area contributed by atoms with Crippen LogP contribution in [0.4, 0.5) is 10.2 Å². The van der Waals surface area contributed by atoms with E-state index in [9.17, 15) is 9.18 Å². The molecule has 0 radical (unpaired) electrons. The summed E-state index contributed by atoms with van der Waals surface area (Å²) >= 11 is 0. The van der Waals surface area contributed by atoms with Crippen molar-refractivity contribution in [1.29, 1.82) is 0 Å². The number of carbonyl (C=O) groups is 1. The summed E-state index contributed by atoms with van der Waals surface area (Å²) in [5.74, 6) is -1.02. The van der Waals surface area contributed by atoms with Gasteiger partial charge in [0, 0.05) is 13.6 Å². The van der Waals surface area contributed by atoms with Crippen LogP contribution in [0.1, 0.15) is 16.1 Å². The van der Waals surface area contributed by atoms with Crippen molar-refractivity contribution < 1.29 is 14.3 Å². The average Bonchev–Trinajstić information content (AvgIpc) is 2.39. The van der Waals surface area contributed by atoms with Gasteiger partial charge in [-0.25, -0.2) is 14.2 Å².